The molecule has 0 amide bonds. The summed E-state index contributed by atoms with van der Waals surface area (Å²) in [6.07, 6.45) is -0.358. The number of benzene rings is 1. The van der Waals surface area contributed by atoms with Gasteiger partial charge in [0.2, 0.25) is 0 Å². The van der Waals surface area contributed by atoms with E-state index in [-0.39, 0.29) is 17.2 Å². The normalized spacial score (nSPS) is 14.1. The smallest absolute Gasteiger partial charge is 0.148 e. The third-order valence-electron chi connectivity index (χ3n) is 2.57. The molecular weight excluding hydrogens is 432 g/mol. The monoisotopic (exact) mass is 441 g/mol. The van der Waals surface area contributed by atoms with Crippen LogP contribution in [0.1, 0.15) is 17.9 Å². The summed E-state index contributed by atoms with van der Waals surface area (Å²) in [5, 5.41) is 1.99. The molecule has 2 aromatic rings. The zero-order chi connectivity index (χ0) is 14.9. The average Bonchev–Trinajstić information content (AvgIpc) is 2.78. The quantitative estimate of drug-likeness (QED) is 0.631. The van der Waals surface area contributed by atoms with Crippen molar-refractivity contribution in [3.63, 3.8) is 0 Å². The van der Waals surface area contributed by atoms with Crippen molar-refractivity contribution in [2.45, 2.75) is 19.1 Å². The number of thiophene rings is 1. The predicted molar refractivity (Wildman–Crippen MR) is 88.1 cm³/mol. The second kappa shape index (κ2) is 6.75. The van der Waals surface area contributed by atoms with E-state index in [9.17, 15) is 4.39 Å². The number of ether oxygens (including phenoxy) is 1. The predicted octanol–water partition coefficient (Wildman–Crippen LogP) is 5.53. The van der Waals surface area contributed by atoms with Crippen molar-refractivity contribution in [3.05, 3.63) is 48.2 Å². The van der Waals surface area contributed by atoms with E-state index in [0.29, 0.717) is 10.2 Å². The molecule has 1 heterocycles. The van der Waals surface area contributed by atoms with Crippen LogP contribution in [0.3, 0.4) is 0 Å². The van der Waals surface area contributed by atoms with Gasteiger partial charge in [0, 0.05) is 26.8 Å². The summed E-state index contributed by atoms with van der Waals surface area (Å²) in [4.78, 5) is 0.967. The van der Waals surface area contributed by atoms with Crippen molar-refractivity contribution >= 4 is 54.8 Å². The van der Waals surface area contributed by atoms with Gasteiger partial charge in [0.15, 0.2) is 0 Å². The molecular formula is C13H11Br2ClFNOS. The minimum Gasteiger partial charge on any atom is -0.482 e. The lowest BCUT2D eigenvalue weighted by Crippen LogP contribution is -2.28. The second-order valence-corrected chi connectivity index (χ2v) is 7.38. The summed E-state index contributed by atoms with van der Waals surface area (Å²) < 4.78 is 21.0. The van der Waals surface area contributed by atoms with Crippen LogP contribution >= 0.6 is 54.8 Å². The van der Waals surface area contributed by atoms with E-state index in [2.05, 4.69) is 31.9 Å². The van der Waals surface area contributed by atoms with Crippen molar-refractivity contribution < 1.29 is 9.13 Å². The first-order valence-corrected chi connectivity index (χ1v) is 8.53. The maximum Gasteiger partial charge on any atom is 0.148 e. The van der Waals surface area contributed by atoms with Gasteiger partial charge >= 0.3 is 0 Å². The number of hydrogen-bond acceptors (Lipinski definition) is 3. The largest absolute Gasteiger partial charge is 0.482 e. The van der Waals surface area contributed by atoms with Gasteiger partial charge in [-0.05, 0) is 50.9 Å². The van der Waals surface area contributed by atoms with Crippen molar-refractivity contribution in [2.75, 3.05) is 0 Å². The molecule has 2 nitrogen and oxygen atoms in total. The zero-order valence-corrected chi connectivity index (χ0v) is 15.1. The van der Waals surface area contributed by atoms with Crippen LogP contribution < -0.4 is 10.5 Å². The van der Waals surface area contributed by atoms with Gasteiger partial charge in [-0.15, -0.1) is 11.3 Å². The molecule has 1 aromatic heterocycles. The first kappa shape index (κ1) is 16.2. The third-order valence-corrected chi connectivity index (χ3v) is 5.24. The average molecular weight is 444 g/mol. The highest BCUT2D eigenvalue weighted by atomic mass is 79.9. The van der Waals surface area contributed by atoms with Gasteiger partial charge in [0.1, 0.15) is 17.7 Å². The first-order valence-electron chi connectivity index (χ1n) is 5.69. The molecule has 1 aromatic carbocycles. The summed E-state index contributed by atoms with van der Waals surface area (Å²) in [5.74, 6) is -0.153. The second-order valence-electron chi connectivity index (χ2n) is 4.26. The van der Waals surface area contributed by atoms with Crippen LogP contribution in [0, 0.1) is 5.82 Å². The van der Waals surface area contributed by atoms with Gasteiger partial charge in [-0.3, -0.25) is 0 Å². The highest BCUT2D eigenvalue weighted by Gasteiger charge is 2.22. The van der Waals surface area contributed by atoms with Crippen molar-refractivity contribution in [2.24, 2.45) is 5.73 Å². The fourth-order valence-electron chi connectivity index (χ4n) is 1.63. The van der Waals surface area contributed by atoms with Gasteiger partial charge in [0.05, 0.1) is 9.50 Å². The van der Waals surface area contributed by atoms with E-state index >= 15 is 0 Å². The summed E-state index contributed by atoms with van der Waals surface area (Å²) in [5.41, 5.74) is 5.98. The Balaban J connectivity index is 2.32. The third kappa shape index (κ3) is 3.74. The van der Waals surface area contributed by atoms with E-state index in [1.54, 1.807) is 0 Å². The Bertz CT molecular complexity index is 620. The van der Waals surface area contributed by atoms with E-state index < -0.39 is 5.82 Å². The zero-order valence-electron chi connectivity index (χ0n) is 10.4. The van der Waals surface area contributed by atoms with Gasteiger partial charge in [-0.2, -0.15) is 0 Å². The molecule has 0 saturated heterocycles. The molecule has 0 aliphatic carbocycles. The molecule has 2 rings (SSSR count). The molecule has 2 unspecified atom stereocenters. The Morgan fingerprint density at radius 3 is 2.60 bits per heavy atom. The van der Waals surface area contributed by atoms with Crippen molar-refractivity contribution in [3.8, 4) is 5.75 Å². The Morgan fingerprint density at radius 2 is 2.05 bits per heavy atom. The highest BCUT2D eigenvalue weighted by Crippen LogP contribution is 2.36. The fourth-order valence-corrected chi connectivity index (χ4v) is 3.95. The van der Waals surface area contributed by atoms with Crippen molar-refractivity contribution in [1.29, 1.82) is 0 Å². The van der Waals surface area contributed by atoms with Gasteiger partial charge in [-0.25, -0.2) is 4.39 Å². The maximum absolute atomic E-state index is 13.5. The summed E-state index contributed by atoms with van der Waals surface area (Å²) in [7, 11) is 0. The standard InChI is InChI=1S/C13H11Br2ClFNOS/c1-6(18)13(12-2-7(14)5-20-12)19-11-4-10(17)9(16)3-8(11)15/h2-6,13H,18H2,1H3. The lowest BCUT2D eigenvalue weighted by Gasteiger charge is -2.22. The van der Waals surface area contributed by atoms with Crippen LogP contribution in [0.4, 0.5) is 4.39 Å². The van der Waals surface area contributed by atoms with Crippen LogP contribution in [0.25, 0.3) is 0 Å². The Labute approximate surface area is 142 Å². The molecule has 0 radical (unpaired) electrons. The molecule has 0 saturated carbocycles. The molecule has 0 bridgehead atoms. The Kier molecular flexibility index (Phi) is 5.48. The van der Waals surface area contributed by atoms with Gasteiger partial charge < -0.3 is 10.5 Å². The topological polar surface area (TPSA) is 35.2 Å². The molecule has 0 spiro atoms. The maximum atomic E-state index is 13.5. The van der Waals surface area contributed by atoms with Crippen LogP contribution in [0.5, 0.6) is 5.75 Å². The number of rotatable bonds is 4. The molecule has 7 heteroatoms. The SMILES string of the molecule is CC(N)C(Oc1cc(F)c(Cl)cc1Br)c1cc(Br)cs1. The van der Waals surface area contributed by atoms with Crippen LogP contribution in [0.2, 0.25) is 5.02 Å². The molecule has 0 aliphatic heterocycles. The Morgan fingerprint density at radius 1 is 1.35 bits per heavy atom. The lowest BCUT2D eigenvalue weighted by atomic mass is 10.1. The molecule has 108 valence electrons. The molecule has 0 fully saturated rings. The van der Waals surface area contributed by atoms with E-state index in [0.717, 1.165) is 9.35 Å². The molecule has 0 aliphatic rings. The number of halogens is 4. The minimum absolute atomic E-state index is 0.0421. The van der Waals surface area contributed by atoms with Crippen LogP contribution in [-0.2, 0) is 0 Å². The summed E-state index contributed by atoms with van der Waals surface area (Å²) >= 11 is 14.0. The molecule has 2 N–H and O–H groups in total. The minimum atomic E-state index is -0.527. The summed E-state index contributed by atoms with van der Waals surface area (Å²) in [6.45, 7) is 1.85. The first-order chi connectivity index (χ1) is 9.38. The number of nitrogens with two attached hydrogens (primary N) is 1. The van der Waals surface area contributed by atoms with Crippen LogP contribution in [0.15, 0.2) is 32.5 Å². The van der Waals surface area contributed by atoms with E-state index in [4.69, 9.17) is 22.1 Å². The number of hydrogen-bond donors (Lipinski definition) is 1. The Hall–Kier alpha value is -0.140. The van der Waals surface area contributed by atoms with Crippen molar-refractivity contribution in [1.82, 2.24) is 0 Å². The summed E-state index contributed by atoms with van der Waals surface area (Å²) in [6, 6.07) is 4.42. The van der Waals surface area contributed by atoms with E-state index in [1.165, 1.54) is 23.5 Å². The van der Waals surface area contributed by atoms with Gasteiger partial charge in [-0.1, -0.05) is 11.6 Å². The highest BCUT2D eigenvalue weighted by molar-refractivity contribution is 9.10. The fraction of sp³-hybridized carbons (Fsp3) is 0.231. The lowest BCUT2D eigenvalue weighted by molar-refractivity contribution is 0.182. The van der Waals surface area contributed by atoms with E-state index in [1.807, 2.05) is 18.4 Å². The van der Waals surface area contributed by atoms with Crippen LogP contribution in [-0.4, -0.2) is 6.04 Å². The molecule has 2 atom stereocenters. The van der Waals surface area contributed by atoms with Gasteiger partial charge in [0.25, 0.3) is 0 Å². The molecule has 20 heavy (non-hydrogen) atoms.